The van der Waals surface area contributed by atoms with Crippen LogP contribution in [0.5, 0.6) is 0 Å². The van der Waals surface area contributed by atoms with Crippen molar-refractivity contribution in [2.75, 3.05) is 6.54 Å². The fraction of sp³-hybridized carbons (Fsp3) is 0.455. The highest BCUT2D eigenvalue weighted by Gasteiger charge is 2.14. The zero-order valence-electron chi connectivity index (χ0n) is 9.43. The minimum atomic E-state index is 0.342. The number of hydrogen-bond acceptors (Lipinski definition) is 5. The molecule has 86 valence electrons. The Morgan fingerprint density at radius 3 is 2.88 bits per heavy atom. The van der Waals surface area contributed by atoms with Crippen molar-refractivity contribution in [3.8, 4) is 10.6 Å². The Balaban J connectivity index is 2.18. The molecule has 0 aromatic carbocycles. The van der Waals surface area contributed by atoms with Gasteiger partial charge in [0.2, 0.25) is 0 Å². The van der Waals surface area contributed by atoms with Crippen LogP contribution in [-0.2, 0) is 0 Å². The Morgan fingerprint density at radius 2 is 2.25 bits per heavy atom. The van der Waals surface area contributed by atoms with Gasteiger partial charge in [-0.2, -0.15) is 11.3 Å². The minimum absolute atomic E-state index is 0.342. The van der Waals surface area contributed by atoms with Gasteiger partial charge in [0.15, 0.2) is 0 Å². The molecule has 2 aromatic rings. The van der Waals surface area contributed by atoms with Gasteiger partial charge in [0, 0.05) is 10.9 Å². The summed E-state index contributed by atoms with van der Waals surface area (Å²) in [4.78, 5) is 0. The molecular formula is C11H15N3S2. The minimum Gasteiger partial charge on any atom is -0.308 e. The highest BCUT2D eigenvalue weighted by molar-refractivity contribution is 7.15. The van der Waals surface area contributed by atoms with Crippen LogP contribution >= 0.6 is 22.7 Å². The molecule has 0 aliphatic carbocycles. The molecule has 3 nitrogen and oxygen atoms in total. The number of hydrogen-bond donors (Lipinski definition) is 1. The Labute approximate surface area is 104 Å². The average Bonchev–Trinajstić information content (AvgIpc) is 2.95. The van der Waals surface area contributed by atoms with Gasteiger partial charge in [0.25, 0.3) is 0 Å². The highest BCUT2D eigenvalue weighted by atomic mass is 32.1. The maximum absolute atomic E-state index is 4.27. The monoisotopic (exact) mass is 253 g/mol. The van der Waals surface area contributed by atoms with E-state index in [9.17, 15) is 0 Å². The summed E-state index contributed by atoms with van der Waals surface area (Å²) in [5.74, 6) is 0. The molecule has 0 saturated heterocycles. The van der Waals surface area contributed by atoms with Crippen molar-refractivity contribution in [1.29, 1.82) is 0 Å². The van der Waals surface area contributed by atoms with E-state index in [0.29, 0.717) is 6.04 Å². The maximum Gasteiger partial charge on any atom is 0.148 e. The summed E-state index contributed by atoms with van der Waals surface area (Å²) >= 11 is 3.38. The fourth-order valence-corrected chi connectivity index (χ4v) is 3.24. The molecule has 5 heteroatoms. The lowest BCUT2D eigenvalue weighted by Gasteiger charge is -2.10. The van der Waals surface area contributed by atoms with Gasteiger partial charge in [-0.05, 0) is 24.4 Å². The largest absolute Gasteiger partial charge is 0.308 e. The highest BCUT2D eigenvalue weighted by Crippen LogP contribution is 2.29. The van der Waals surface area contributed by atoms with Crippen LogP contribution in [0.3, 0.4) is 0 Å². The lowest BCUT2D eigenvalue weighted by molar-refractivity contribution is 0.531. The van der Waals surface area contributed by atoms with Gasteiger partial charge < -0.3 is 5.32 Å². The Bertz CT molecular complexity index is 422. The molecule has 2 heterocycles. The second-order valence-corrected chi connectivity index (χ2v) is 5.27. The fourth-order valence-electron chi connectivity index (χ4n) is 1.53. The number of nitrogens with zero attached hydrogens (tertiary/aromatic N) is 2. The molecule has 0 saturated carbocycles. The van der Waals surface area contributed by atoms with Gasteiger partial charge in [0.1, 0.15) is 10.0 Å². The van der Waals surface area contributed by atoms with E-state index >= 15 is 0 Å². The smallest absolute Gasteiger partial charge is 0.148 e. The van der Waals surface area contributed by atoms with E-state index < -0.39 is 0 Å². The third-order valence-corrected chi connectivity index (χ3v) is 4.13. The summed E-state index contributed by atoms with van der Waals surface area (Å²) in [6.45, 7) is 5.24. The van der Waals surface area contributed by atoms with E-state index in [1.807, 2.05) is 0 Å². The van der Waals surface area contributed by atoms with Crippen LogP contribution in [0, 0.1) is 0 Å². The molecule has 0 spiro atoms. The molecule has 1 atom stereocenters. The Kier molecular flexibility index (Phi) is 4.04. The summed E-state index contributed by atoms with van der Waals surface area (Å²) in [5.41, 5.74) is 1.18. The van der Waals surface area contributed by atoms with Gasteiger partial charge in [-0.3, -0.25) is 0 Å². The van der Waals surface area contributed by atoms with E-state index in [0.717, 1.165) is 23.0 Å². The molecule has 2 rings (SSSR count). The predicted octanol–water partition coefficient (Wildman–Crippen LogP) is 3.33. The van der Waals surface area contributed by atoms with Crippen LogP contribution in [-0.4, -0.2) is 16.7 Å². The Morgan fingerprint density at radius 1 is 1.38 bits per heavy atom. The van der Waals surface area contributed by atoms with E-state index in [1.165, 1.54) is 5.56 Å². The third kappa shape index (κ3) is 2.48. The standard InChI is InChI=1S/C11H15N3S2/c1-3-9(12-4-2)11-14-13-10(16-11)8-5-6-15-7-8/h5-7,9,12H,3-4H2,1-2H3. The molecule has 2 aromatic heterocycles. The number of nitrogens with one attached hydrogen (secondary N) is 1. The molecule has 16 heavy (non-hydrogen) atoms. The van der Waals surface area contributed by atoms with Gasteiger partial charge in [-0.15, -0.1) is 10.2 Å². The topological polar surface area (TPSA) is 37.8 Å². The summed E-state index contributed by atoms with van der Waals surface area (Å²) in [6.07, 6.45) is 1.05. The second kappa shape index (κ2) is 5.52. The summed E-state index contributed by atoms with van der Waals surface area (Å²) in [5, 5.41) is 18.2. The van der Waals surface area contributed by atoms with E-state index in [2.05, 4.69) is 46.2 Å². The zero-order chi connectivity index (χ0) is 11.4. The van der Waals surface area contributed by atoms with Crippen LogP contribution in [0.1, 0.15) is 31.3 Å². The molecular weight excluding hydrogens is 238 g/mol. The summed E-state index contributed by atoms with van der Waals surface area (Å²) < 4.78 is 0. The van der Waals surface area contributed by atoms with Crippen molar-refractivity contribution in [2.24, 2.45) is 0 Å². The van der Waals surface area contributed by atoms with Crippen molar-refractivity contribution >= 4 is 22.7 Å². The number of thiophene rings is 1. The van der Waals surface area contributed by atoms with Crippen molar-refractivity contribution in [3.05, 3.63) is 21.8 Å². The average molecular weight is 253 g/mol. The molecule has 0 amide bonds. The Hall–Kier alpha value is -0.780. The van der Waals surface area contributed by atoms with E-state index in [1.54, 1.807) is 22.7 Å². The molecule has 0 radical (unpaired) electrons. The summed E-state index contributed by atoms with van der Waals surface area (Å²) in [7, 11) is 0. The lowest BCUT2D eigenvalue weighted by atomic mass is 10.2. The van der Waals surface area contributed by atoms with E-state index in [-0.39, 0.29) is 0 Å². The van der Waals surface area contributed by atoms with Crippen LogP contribution < -0.4 is 5.32 Å². The van der Waals surface area contributed by atoms with Crippen LogP contribution in [0.4, 0.5) is 0 Å². The zero-order valence-corrected chi connectivity index (χ0v) is 11.1. The quantitative estimate of drug-likeness (QED) is 0.888. The van der Waals surface area contributed by atoms with Gasteiger partial charge in [0.05, 0.1) is 6.04 Å². The molecule has 1 unspecified atom stereocenters. The molecule has 1 N–H and O–H groups in total. The van der Waals surface area contributed by atoms with Crippen molar-refractivity contribution in [1.82, 2.24) is 15.5 Å². The van der Waals surface area contributed by atoms with Gasteiger partial charge in [-0.25, -0.2) is 0 Å². The lowest BCUT2D eigenvalue weighted by Crippen LogP contribution is -2.19. The van der Waals surface area contributed by atoms with Crippen LogP contribution in [0.2, 0.25) is 0 Å². The van der Waals surface area contributed by atoms with Crippen molar-refractivity contribution < 1.29 is 0 Å². The maximum atomic E-state index is 4.27. The first kappa shape index (κ1) is 11.7. The molecule has 0 aliphatic heterocycles. The predicted molar refractivity (Wildman–Crippen MR) is 69.9 cm³/mol. The normalized spacial score (nSPS) is 12.9. The first-order valence-electron chi connectivity index (χ1n) is 5.44. The molecule has 0 bridgehead atoms. The van der Waals surface area contributed by atoms with Crippen LogP contribution in [0.25, 0.3) is 10.6 Å². The van der Waals surface area contributed by atoms with Gasteiger partial charge >= 0.3 is 0 Å². The van der Waals surface area contributed by atoms with Gasteiger partial charge in [-0.1, -0.05) is 25.2 Å². The van der Waals surface area contributed by atoms with E-state index in [4.69, 9.17) is 0 Å². The molecule has 0 fully saturated rings. The first-order chi connectivity index (χ1) is 7.85. The summed E-state index contributed by atoms with van der Waals surface area (Å²) in [6, 6.07) is 2.43. The van der Waals surface area contributed by atoms with Crippen LogP contribution in [0.15, 0.2) is 16.8 Å². The first-order valence-corrected chi connectivity index (χ1v) is 7.20. The SMILES string of the molecule is CCNC(CC)c1nnc(-c2ccsc2)s1. The molecule has 0 aliphatic rings. The van der Waals surface area contributed by atoms with Crippen molar-refractivity contribution in [2.45, 2.75) is 26.3 Å². The third-order valence-electron chi connectivity index (χ3n) is 2.37. The number of aromatic nitrogens is 2. The second-order valence-electron chi connectivity index (χ2n) is 3.48. The van der Waals surface area contributed by atoms with Crippen molar-refractivity contribution in [3.63, 3.8) is 0 Å². The number of rotatable bonds is 5.